The molecule has 5 nitrogen and oxygen atoms in total. The van der Waals surface area contributed by atoms with Crippen LogP contribution in [0.15, 0.2) is 32.1 Å². The second kappa shape index (κ2) is 6.83. The molecule has 3 rings (SSSR count). The third-order valence-corrected chi connectivity index (χ3v) is 7.57. The Labute approximate surface area is 165 Å². The summed E-state index contributed by atoms with van der Waals surface area (Å²) in [6.45, 7) is 9.37. The summed E-state index contributed by atoms with van der Waals surface area (Å²) in [7, 11) is -3.80. The first-order valence-corrected chi connectivity index (χ1v) is 11.0. The van der Waals surface area contributed by atoms with Crippen molar-refractivity contribution >= 4 is 43.0 Å². The number of sulfonamides is 1. The molecule has 0 saturated carbocycles. The Bertz CT molecular complexity index is 1100. The first-order valence-electron chi connectivity index (χ1n) is 7.94. The topological polar surface area (TPSA) is 72.2 Å². The van der Waals surface area contributed by atoms with Crippen LogP contribution < -0.4 is 4.72 Å². The molecule has 0 atom stereocenters. The minimum absolute atomic E-state index is 0.242. The van der Waals surface area contributed by atoms with E-state index in [1.807, 2.05) is 39.8 Å². The maximum atomic E-state index is 13.2. The van der Waals surface area contributed by atoms with E-state index in [1.165, 1.54) is 11.3 Å². The molecule has 0 aliphatic carbocycles. The van der Waals surface area contributed by atoms with Crippen LogP contribution in [-0.4, -0.2) is 13.6 Å². The third-order valence-electron chi connectivity index (χ3n) is 4.23. The van der Waals surface area contributed by atoms with Gasteiger partial charge in [-0.2, -0.15) is 0 Å². The first kappa shape index (κ1) is 19.1. The molecule has 8 heteroatoms. The number of aryl methyl sites for hydroxylation is 4. The van der Waals surface area contributed by atoms with Crippen LogP contribution in [0.5, 0.6) is 0 Å². The SMILES string of the molecule is Cc1ccc(NS(=O)(=O)c2c(C)sc(C)c2-c2onc(C)c2C)c(Br)c1. The van der Waals surface area contributed by atoms with Crippen LogP contribution in [0.2, 0.25) is 0 Å². The fourth-order valence-electron chi connectivity index (χ4n) is 2.80. The second-order valence-electron chi connectivity index (χ2n) is 6.23. The summed E-state index contributed by atoms with van der Waals surface area (Å²) in [5.74, 6) is 0.507. The minimum Gasteiger partial charge on any atom is -0.356 e. The highest BCUT2D eigenvalue weighted by Gasteiger charge is 2.30. The molecular weight excluding hydrogens is 436 g/mol. The molecule has 0 spiro atoms. The van der Waals surface area contributed by atoms with Gasteiger partial charge < -0.3 is 4.52 Å². The van der Waals surface area contributed by atoms with Gasteiger partial charge in [-0.15, -0.1) is 11.3 Å². The first-order chi connectivity index (χ1) is 12.1. The van der Waals surface area contributed by atoms with E-state index in [2.05, 4.69) is 25.8 Å². The van der Waals surface area contributed by atoms with Crippen molar-refractivity contribution in [2.24, 2.45) is 0 Å². The maximum absolute atomic E-state index is 13.2. The van der Waals surface area contributed by atoms with Gasteiger partial charge in [0.2, 0.25) is 0 Å². The van der Waals surface area contributed by atoms with Gasteiger partial charge in [-0.05, 0) is 68.2 Å². The van der Waals surface area contributed by atoms with Crippen molar-refractivity contribution in [2.45, 2.75) is 39.5 Å². The van der Waals surface area contributed by atoms with Gasteiger partial charge in [0, 0.05) is 19.8 Å². The molecule has 0 amide bonds. The van der Waals surface area contributed by atoms with Crippen LogP contribution in [0.25, 0.3) is 11.3 Å². The van der Waals surface area contributed by atoms with Crippen LogP contribution in [0.3, 0.4) is 0 Å². The molecule has 1 N–H and O–H groups in total. The van der Waals surface area contributed by atoms with Crippen molar-refractivity contribution in [1.82, 2.24) is 5.16 Å². The fraction of sp³-hybridized carbons (Fsp3) is 0.278. The second-order valence-corrected chi connectivity index (χ2v) is 10.1. The summed E-state index contributed by atoms with van der Waals surface area (Å²) in [5, 5.41) is 3.98. The van der Waals surface area contributed by atoms with E-state index in [1.54, 1.807) is 13.0 Å². The number of rotatable bonds is 4. The van der Waals surface area contributed by atoms with Crippen molar-refractivity contribution in [3.63, 3.8) is 0 Å². The van der Waals surface area contributed by atoms with E-state index in [9.17, 15) is 8.42 Å². The molecule has 1 aromatic carbocycles. The monoisotopic (exact) mass is 454 g/mol. The van der Waals surface area contributed by atoms with Gasteiger partial charge in [0.05, 0.1) is 16.9 Å². The Morgan fingerprint density at radius 2 is 1.81 bits per heavy atom. The molecule has 3 aromatic rings. The number of nitrogens with zero attached hydrogens (tertiary/aromatic N) is 1. The molecule has 0 unspecified atom stereocenters. The van der Waals surface area contributed by atoms with E-state index < -0.39 is 10.0 Å². The Morgan fingerprint density at radius 3 is 2.38 bits per heavy atom. The number of anilines is 1. The number of benzene rings is 1. The number of hydrogen-bond donors (Lipinski definition) is 1. The number of thiophene rings is 1. The van der Waals surface area contributed by atoms with Crippen molar-refractivity contribution in [1.29, 1.82) is 0 Å². The third kappa shape index (κ3) is 3.33. The number of hydrogen-bond acceptors (Lipinski definition) is 5. The summed E-state index contributed by atoms with van der Waals surface area (Å²) >= 11 is 4.86. The van der Waals surface area contributed by atoms with Gasteiger partial charge >= 0.3 is 0 Å². The van der Waals surface area contributed by atoms with E-state index in [-0.39, 0.29) is 4.90 Å². The Balaban J connectivity index is 2.15. The molecule has 2 aromatic heterocycles. The summed E-state index contributed by atoms with van der Waals surface area (Å²) in [6, 6.07) is 5.47. The van der Waals surface area contributed by atoms with E-state index >= 15 is 0 Å². The molecule has 0 saturated heterocycles. The van der Waals surface area contributed by atoms with Crippen LogP contribution >= 0.6 is 27.3 Å². The molecule has 0 aliphatic heterocycles. The molecule has 2 heterocycles. The van der Waals surface area contributed by atoms with Crippen LogP contribution in [0.4, 0.5) is 5.69 Å². The molecule has 0 bridgehead atoms. The summed E-state index contributed by atoms with van der Waals surface area (Å²) in [4.78, 5) is 1.83. The maximum Gasteiger partial charge on any atom is 0.263 e. The average Bonchev–Trinajstić information content (AvgIpc) is 3.02. The zero-order valence-corrected chi connectivity index (χ0v) is 18.3. The lowest BCUT2D eigenvalue weighted by atomic mass is 10.1. The van der Waals surface area contributed by atoms with Crippen molar-refractivity contribution < 1.29 is 12.9 Å². The predicted molar refractivity (Wildman–Crippen MR) is 108 cm³/mol. The van der Waals surface area contributed by atoms with Gasteiger partial charge in [0.15, 0.2) is 5.76 Å². The zero-order valence-electron chi connectivity index (χ0n) is 15.1. The molecule has 0 radical (unpaired) electrons. The quantitative estimate of drug-likeness (QED) is 0.563. The normalized spacial score (nSPS) is 11.8. The van der Waals surface area contributed by atoms with Gasteiger partial charge in [0.1, 0.15) is 4.90 Å². The van der Waals surface area contributed by atoms with E-state index in [0.717, 1.165) is 21.7 Å². The molecule has 0 fully saturated rings. The summed E-state index contributed by atoms with van der Waals surface area (Å²) in [6.07, 6.45) is 0. The van der Waals surface area contributed by atoms with Crippen LogP contribution in [0, 0.1) is 34.6 Å². The Hall–Kier alpha value is -1.64. The lowest BCUT2D eigenvalue weighted by Crippen LogP contribution is -2.14. The van der Waals surface area contributed by atoms with E-state index in [4.69, 9.17) is 4.52 Å². The standard InChI is InChI=1S/C18H19BrN2O3S2/c1-9-6-7-15(14(19)8-9)21-26(22,23)18-13(5)25-12(4)16(18)17-10(2)11(3)20-24-17/h6-8,21H,1-5H3. The Morgan fingerprint density at radius 1 is 1.12 bits per heavy atom. The fourth-order valence-corrected chi connectivity index (χ4v) is 6.45. The van der Waals surface area contributed by atoms with Crippen molar-refractivity contribution in [3.05, 3.63) is 49.2 Å². The predicted octanol–water partition coefficient (Wildman–Crippen LogP) is 5.51. The average molecular weight is 455 g/mol. The summed E-state index contributed by atoms with van der Waals surface area (Å²) in [5.41, 5.74) is 3.71. The van der Waals surface area contributed by atoms with Crippen molar-refractivity contribution in [2.75, 3.05) is 4.72 Å². The minimum atomic E-state index is -3.80. The summed E-state index contributed by atoms with van der Waals surface area (Å²) < 4.78 is 35.2. The van der Waals surface area contributed by atoms with Crippen LogP contribution in [0.1, 0.15) is 26.6 Å². The van der Waals surface area contributed by atoms with Gasteiger partial charge in [0.25, 0.3) is 10.0 Å². The van der Waals surface area contributed by atoms with E-state index in [0.29, 0.717) is 26.4 Å². The number of aromatic nitrogens is 1. The van der Waals surface area contributed by atoms with Crippen LogP contribution in [-0.2, 0) is 10.0 Å². The lowest BCUT2D eigenvalue weighted by molar-refractivity contribution is 0.426. The largest absolute Gasteiger partial charge is 0.356 e. The number of nitrogens with one attached hydrogen (secondary N) is 1. The smallest absolute Gasteiger partial charge is 0.263 e. The highest BCUT2D eigenvalue weighted by atomic mass is 79.9. The highest BCUT2D eigenvalue weighted by molar-refractivity contribution is 9.10. The van der Waals surface area contributed by atoms with Gasteiger partial charge in [-0.1, -0.05) is 11.2 Å². The zero-order chi connectivity index (χ0) is 19.2. The molecule has 138 valence electrons. The van der Waals surface area contributed by atoms with Gasteiger partial charge in [-0.3, -0.25) is 4.72 Å². The Kier molecular flexibility index (Phi) is 5.02. The highest BCUT2D eigenvalue weighted by Crippen LogP contribution is 2.41. The molecule has 26 heavy (non-hydrogen) atoms. The lowest BCUT2D eigenvalue weighted by Gasteiger charge is -2.12. The molecular formula is C18H19BrN2O3S2. The van der Waals surface area contributed by atoms with Gasteiger partial charge in [-0.25, -0.2) is 8.42 Å². The van der Waals surface area contributed by atoms with Crippen molar-refractivity contribution in [3.8, 4) is 11.3 Å². The number of halogens is 1. The molecule has 0 aliphatic rings.